The number of carboxylic acids is 1. The van der Waals surface area contributed by atoms with Crippen LogP contribution in [0.3, 0.4) is 0 Å². The number of nitrogens with two attached hydrogens (primary N) is 1. The van der Waals surface area contributed by atoms with Gasteiger partial charge in [0.1, 0.15) is 0 Å². The topological polar surface area (TPSA) is 63.3 Å². The molecule has 0 bridgehead atoms. The van der Waals surface area contributed by atoms with Crippen molar-refractivity contribution in [3.8, 4) is 0 Å². The van der Waals surface area contributed by atoms with Crippen molar-refractivity contribution in [3.63, 3.8) is 0 Å². The van der Waals surface area contributed by atoms with Gasteiger partial charge in [0.05, 0.1) is 5.92 Å². The summed E-state index contributed by atoms with van der Waals surface area (Å²) in [5, 5.41) is 9.77. The monoisotopic (exact) mass is 275 g/mol. The molecule has 0 aromatic heterocycles. The Morgan fingerprint density at radius 3 is 2.70 bits per heavy atom. The minimum Gasteiger partial charge on any atom is -0.481 e. The molecule has 20 heavy (non-hydrogen) atoms. The normalized spacial score (nSPS) is 23.2. The molecule has 0 saturated heterocycles. The molecule has 0 spiro atoms. The van der Waals surface area contributed by atoms with Crippen LogP contribution in [0.25, 0.3) is 0 Å². The van der Waals surface area contributed by atoms with Crippen LogP contribution in [-0.4, -0.2) is 11.1 Å². The molecule has 110 valence electrons. The minimum atomic E-state index is -0.748. The van der Waals surface area contributed by atoms with Crippen LogP contribution in [0.2, 0.25) is 0 Å². The van der Waals surface area contributed by atoms with Gasteiger partial charge in [-0.2, -0.15) is 0 Å². The second-order valence-corrected chi connectivity index (χ2v) is 6.73. The van der Waals surface area contributed by atoms with E-state index in [0.717, 1.165) is 30.4 Å². The predicted molar refractivity (Wildman–Crippen MR) is 81.7 cm³/mol. The lowest BCUT2D eigenvalue weighted by molar-refractivity contribution is -0.142. The fraction of sp³-hybridized carbons (Fsp3) is 0.588. The van der Waals surface area contributed by atoms with E-state index in [1.54, 1.807) is 0 Å². The van der Waals surface area contributed by atoms with Gasteiger partial charge in [-0.05, 0) is 42.2 Å². The standard InChI is InChI=1S/C17H25NO2/c1-11-7-6-8-12(15(11)18)14(16(19)20)13-9-4-5-10-17(13,2)3/h6-8,13-14H,4-5,9-10,18H2,1-3H3,(H,19,20). The third kappa shape index (κ3) is 2.67. The first kappa shape index (κ1) is 14.9. The first-order chi connectivity index (χ1) is 9.34. The Hall–Kier alpha value is -1.51. The van der Waals surface area contributed by atoms with Crippen LogP contribution in [-0.2, 0) is 4.79 Å². The van der Waals surface area contributed by atoms with Crippen LogP contribution in [0, 0.1) is 18.3 Å². The number of aliphatic carboxylic acids is 1. The van der Waals surface area contributed by atoms with Gasteiger partial charge in [0.25, 0.3) is 0 Å². The highest BCUT2D eigenvalue weighted by Gasteiger charge is 2.42. The average Bonchev–Trinajstić information content (AvgIpc) is 2.36. The van der Waals surface area contributed by atoms with Crippen molar-refractivity contribution in [2.24, 2.45) is 11.3 Å². The first-order valence-electron chi connectivity index (χ1n) is 7.42. The molecular formula is C17H25NO2. The smallest absolute Gasteiger partial charge is 0.311 e. The third-order valence-corrected chi connectivity index (χ3v) is 4.95. The minimum absolute atomic E-state index is 0.0531. The number of hydrogen-bond acceptors (Lipinski definition) is 2. The van der Waals surface area contributed by atoms with E-state index in [2.05, 4.69) is 13.8 Å². The molecule has 2 rings (SSSR count). The zero-order valence-electron chi connectivity index (χ0n) is 12.6. The molecule has 1 fully saturated rings. The van der Waals surface area contributed by atoms with E-state index in [-0.39, 0.29) is 11.3 Å². The molecule has 2 atom stereocenters. The number of nitrogen functional groups attached to an aromatic ring is 1. The van der Waals surface area contributed by atoms with Crippen molar-refractivity contribution in [3.05, 3.63) is 29.3 Å². The van der Waals surface area contributed by atoms with Crippen molar-refractivity contribution >= 4 is 11.7 Å². The van der Waals surface area contributed by atoms with E-state index in [4.69, 9.17) is 5.73 Å². The van der Waals surface area contributed by atoms with E-state index in [0.29, 0.717) is 5.69 Å². The maximum absolute atomic E-state index is 11.9. The van der Waals surface area contributed by atoms with Crippen LogP contribution in [0.15, 0.2) is 18.2 Å². The van der Waals surface area contributed by atoms with Gasteiger partial charge in [0, 0.05) is 5.69 Å². The number of para-hydroxylation sites is 1. The number of carbonyl (C=O) groups is 1. The molecule has 1 aliphatic carbocycles. The van der Waals surface area contributed by atoms with Gasteiger partial charge >= 0.3 is 5.97 Å². The van der Waals surface area contributed by atoms with E-state index in [9.17, 15) is 9.90 Å². The van der Waals surface area contributed by atoms with Crippen LogP contribution >= 0.6 is 0 Å². The SMILES string of the molecule is Cc1cccc(C(C(=O)O)C2CCCCC2(C)C)c1N. The van der Waals surface area contributed by atoms with Crippen LogP contribution in [0.5, 0.6) is 0 Å². The highest BCUT2D eigenvalue weighted by atomic mass is 16.4. The summed E-state index contributed by atoms with van der Waals surface area (Å²) in [7, 11) is 0. The summed E-state index contributed by atoms with van der Waals surface area (Å²) in [6.07, 6.45) is 4.37. The lowest BCUT2D eigenvalue weighted by Gasteiger charge is -2.42. The second-order valence-electron chi connectivity index (χ2n) is 6.73. The van der Waals surface area contributed by atoms with Gasteiger partial charge in [0.15, 0.2) is 0 Å². The maximum Gasteiger partial charge on any atom is 0.311 e. The van der Waals surface area contributed by atoms with Crippen molar-refractivity contribution < 1.29 is 9.90 Å². The van der Waals surface area contributed by atoms with Crippen molar-refractivity contribution in [1.29, 1.82) is 0 Å². The Bertz CT molecular complexity index is 508. The number of aryl methyl sites for hydroxylation is 1. The molecule has 0 heterocycles. The van der Waals surface area contributed by atoms with Crippen LogP contribution in [0.4, 0.5) is 5.69 Å². The number of carboxylic acid groups (broad SMARTS) is 1. The summed E-state index contributed by atoms with van der Waals surface area (Å²) in [6, 6.07) is 5.72. The highest BCUT2D eigenvalue weighted by molar-refractivity contribution is 5.79. The molecule has 1 aliphatic rings. The van der Waals surface area contributed by atoms with E-state index in [1.807, 2.05) is 25.1 Å². The van der Waals surface area contributed by atoms with Crippen molar-refractivity contribution in [1.82, 2.24) is 0 Å². The third-order valence-electron chi connectivity index (χ3n) is 4.95. The maximum atomic E-state index is 11.9. The largest absolute Gasteiger partial charge is 0.481 e. The number of anilines is 1. The quantitative estimate of drug-likeness (QED) is 0.821. The molecule has 1 aromatic carbocycles. The molecule has 0 radical (unpaired) electrons. The van der Waals surface area contributed by atoms with Crippen LogP contribution < -0.4 is 5.73 Å². The Balaban J connectivity index is 2.46. The molecule has 3 nitrogen and oxygen atoms in total. The van der Waals surface area contributed by atoms with Gasteiger partial charge in [0.2, 0.25) is 0 Å². The summed E-state index contributed by atoms with van der Waals surface area (Å²) in [5.41, 5.74) is 8.60. The molecule has 1 aromatic rings. The molecule has 1 saturated carbocycles. The number of hydrogen-bond donors (Lipinski definition) is 2. The molecule has 3 heteroatoms. The zero-order chi connectivity index (χ0) is 14.9. The summed E-state index contributed by atoms with van der Waals surface area (Å²) in [4.78, 5) is 11.9. The number of benzene rings is 1. The Morgan fingerprint density at radius 1 is 1.40 bits per heavy atom. The average molecular weight is 275 g/mol. The lowest BCUT2D eigenvalue weighted by atomic mass is 9.62. The fourth-order valence-electron chi connectivity index (χ4n) is 3.64. The van der Waals surface area contributed by atoms with Gasteiger partial charge in [-0.3, -0.25) is 4.79 Å². The summed E-state index contributed by atoms with van der Waals surface area (Å²) in [5.74, 6) is -1.09. The first-order valence-corrected chi connectivity index (χ1v) is 7.42. The van der Waals surface area contributed by atoms with E-state index < -0.39 is 11.9 Å². The summed E-state index contributed by atoms with van der Waals surface area (Å²) in [6.45, 7) is 6.32. The van der Waals surface area contributed by atoms with Crippen molar-refractivity contribution in [2.45, 2.75) is 52.4 Å². The van der Waals surface area contributed by atoms with Gasteiger partial charge < -0.3 is 10.8 Å². The second kappa shape index (κ2) is 5.47. The fourth-order valence-corrected chi connectivity index (χ4v) is 3.64. The van der Waals surface area contributed by atoms with Crippen molar-refractivity contribution in [2.75, 3.05) is 5.73 Å². The summed E-state index contributed by atoms with van der Waals surface area (Å²) < 4.78 is 0. The zero-order valence-corrected chi connectivity index (χ0v) is 12.6. The molecular weight excluding hydrogens is 250 g/mol. The van der Waals surface area contributed by atoms with E-state index >= 15 is 0 Å². The molecule has 0 aliphatic heterocycles. The Labute approximate surface area is 121 Å². The Morgan fingerprint density at radius 2 is 2.10 bits per heavy atom. The highest BCUT2D eigenvalue weighted by Crippen LogP contribution is 2.48. The van der Waals surface area contributed by atoms with Gasteiger partial charge in [-0.15, -0.1) is 0 Å². The van der Waals surface area contributed by atoms with Gasteiger partial charge in [-0.25, -0.2) is 0 Å². The summed E-state index contributed by atoms with van der Waals surface area (Å²) >= 11 is 0. The Kier molecular flexibility index (Phi) is 4.07. The van der Waals surface area contributed by atoms with Crippen LogP contribution in [0.1, 0.15) is 56.6 Å². The molecule has 3 N–H and O–H groups in total. The lowest BCUT2D eigenvalue weighted by Crippen LogP contribution is -2.36. The predicted octanol–water partition coefficient (Wildman–Crippen LogP) is 3.96. The molecule has 2 unspecified atom stereocenters. The number of rotatable bonds is 3. The van der Waals surface area contributed by atoms with E-state index in [1.165, 1.54) is 6.42 Å². The van der Waals surface area contributed by atoms with Gasteiger partial charge in [-0.1, -0.05) is 44.9 Å². The molecule has 0 amide bonds.